The monoisotopic (exact) mass is 490 g/mol. The molecule has 0 aliphatic heterocycles. The SMILES string of the molecule is COc1ccc(CSc2nnc(CSc3nc4ccccc4s3)n2Cc2ccccc2)cc1. The van der Waals surface area contributed by atoms with Crippen LogP contribution < -0.4 is 4.74 Å². The van der Waals surface area contributed by atoms with Gasteiger partial charge in [0.25, 0.3) is 0 Å². The van der Waals surface area contributed by atoms with E-state index in [1.54, 1.807) is 42.0 Å². The predicted octanol–water partition coefficient (Wildman–Crippen LogP) is 6.53. The molecular weight excluding hydrogens is 469 g/mol. The average Bonchev–Trinajstić information content (AvgIpc) is 3.45. The van der Waals surface area contributed by atoms with Gasteiger partial charge in [0.15, 0.2) is 9.50 Å². The van der Waals surface area contributed by atoms with Crippen molar-refractivity contribution < 1.29 is 4.74 Å². The molecule has 0 saturated heterocycles. The van der Waals surface area contributed by atoms with Crippen molar-refractivity contribution in [2.24, 2.45) is 0 Å². The first kappa shape index (κ1) is 22.0. The van der Waals surface area contributed by atoms with Crippen molar-refractivity contribution in [3.63, 3.8) is 0 Å². The van der Waals surface area contributed by atoms with Crippen molar-refractivity contribution in [1.29, 1.82) is 0 Å². The lowest BCUT2D eigenvalue weighted by atomic mass is 10.2. The molecule has 0 atom stereocenters. The predicted molar refractivity (Wildman–Crippen MR) is 137 cm³/mol. The van der Waals surface area contributed by atoms with E-state index in [0.29, 0.717) is 0 Å². The van der Waals surface area contributed by atoms with Gasteiger partial charge < -0.3 is 9.30 Å². The summed E-state index contributed by atoms with van der Waals surface area (Å²) < 4.78 is 9.75. The van der Waals surface area contributed by atoms with Crippen LogP contribution >= 0.6 is 34.9 Å². The Morgan fingerprint density at radius 3 is 2.39 bits per heavy atom. The van der Waals surface area contributed by atoms with Crippen molar-refractivity contribution in [2.75, 3.05) is 7.11 Å². The third-order valence-corrected chi connectivity index (χ3v) is 8.32. The third kappa shape index (κ3) is 5.40. The van der Waals surface area contributed by atoms with Gasteiger partial charge in [0, 0.05) is 5.75 Å². The van der Waals surface area contributed by atoms with Gasteiger partial charge in [0.05, 0.1) is 29.6 Å². The molecule has 0 spiro atoms. The molecule has 5 rings (SSSR count). The molecule has 0 radical (unpaired) electrons. The van der Waals surface area contributed by atoms with Crippen LogP contribution in [0.15, 0.2) is 88.4 Å². The molecule has 0 aliphatic carbocycles. The Bertz CT molecular complexity index is 1300. The van der Waals surface area contributed by atoms with Crippen LogP contribution in [0, 0.1) is 0 Å². The van der Waals surface area contributed by atoms with Gasteiger partial charge in [-0.2, -0.15) is 0 Å². The van der Waals surface area contributed by atoms with Gasteiger partial charge in [-0.25, -0.2) is 4.98 Å². The van der Waals surface area contributed by atoms with E-state index in [0.717, 1.165) is 44.6 Å². The molecule has 0 amide bonds. The lowest BCUT2D eigenvalue weighted by molar-refractivity contribution is 0.414. The van der Waals surface area contributed by atoms with Crippen molar-refractivity contribution in [3.8, 4) is 5.75 Å². The van der Waals surface area contributed by atoms with Crippen molar-refractivity contribution in [2.45, 2.75) is 27.5 Å². The summed E-state index contributed by atoms with van der Waals surface area (Å²) in [6, 6.07) is 26.9. The van der Waals surface area contributed by atoms with Gasteiger partial charge in [-0.3, -0.25) is 0 Å². The van der Waals surface area contributed by atoms with E-state index in [4.69, 9.17) is 9.72 Å². The summed E-state index contributed by atoms with van der Waals surface area (Å²) in [5, 5.41) is 10.0. The Balaban J connectivity index is 1.34. The zero-order chi connectivity index (χ0) is 22.5. The topological polar surface area (TPSA) is 52.8 Å². The molecule has 5 aromatic rings. The first-order chi connectivity index (χ1) is 16.3. The number of thiazole rings is 1. The largest absolute Gasteiger partial charge is 0.497 e. The van der Waals surface area contributed by atoms with E-state index in [1.807, 2.05) is 24.3 Å². The summed E-state index contributed by atoms with van der Waals surface area (Å²) in [5.74, 6) is 3.37. The Morgan fingerprint density at radius 2 is 1.61 bits per heavy atom. The fourth-order valence-electron chi connectivity index (χ4n) is 3.37. The number of benzene rings is 3. The summed E-state index contributed by atoms with van der Waals surface area (Å²) in [5.41, 5.74) is 3.50. The molecule has 166 valence electrons. The van der Waals surface area contributed by atoms with Crippen LogP contribution in [0.3, 0.4) is 0 Å². The van der Waals surface area contributed by atoms with E-state index in [2.05, 4.69) is 69.4 Å². The summed E-state index contributed by atoms with van der Waals surface area (Å²) in [4.78, 5) is 4.75. The van der Waals surface area contributed by atoms with Crippen LogP contribution in [-0.4, -0.2) is 26.9 Å². The van der Waals surface area contributed by atoms with Gasteiger partial charge in [0.1, 0.15) is 11.6 Å². The number of aromatic nitrogens is 4. The molecule has 2 heterocycles. The highest BCUT2D eigenvalue weighted by atomic mass is 32.2. The minimum Gasteiger partial charge on any atom is -0.497 e. The number of rotatable bonds is 9. The van der Waals surface area contributed by atoms with E-state index in [-0.39, 0.29) is 0 Å². The van der Waals surface area contributed by atoms with Gasteiger partial charge >= 0.3 is 0 Å². The molecule has 0 N–H and O–H groups in total. The van der Waals surface area contributed by atoms with Crippen LogP contribution in [0.1, 0.15) is 17.0 Å². The second kappa shape index (κ2) is 10.4. The lowest BCUT2D eigenvalue weighted by Gasteiger charge is -2.10. The number of ether oxygens (including phenoxy) is 1. The molecule has 5 nitrogen and oxygen atoms in total. The minimum atomic E-state index is 0.725. The Morgan fingerprint density at radius 1 is 0.818 bits per heavy atom. The number of methoxy groups -OCH3 is 1. The molecule has 3 aromatic carbocycles. The molecule has 33 heavy (non-hydrogen) atoms. The fourth-order valence-corrected chi connectivity index (χ4v) is 6.29. The molecule has 0 unspecified atom stereocenters. The number of nitrogens with zero attached hydrogens (tertiary/aromatic N) is 4. The first-order valence-electron chi connectivity index (χ1n) is 10.5. The smallest absolute Gasteiger partial charge is 0.191 e. The van der Waals surface area contributed by atoms with Gasteiger partial charge in [-0.1, -0.05) is 78.1 Å². The van der Waals surface area contributed by atoms with Crippen LogP contribution in [0.2, 0.25) is 0 Å². The highest BCUT2D eigenvalue weighted by molar-refractivity contribution is 8.00. The van der Waals surface area contributed by atoms with Crippen molar-refractivity contribution >= 4 is 45.1 Å². The van der Waals surface area contributed by atoms with Crippen LogP contribution in [0.4, 0.5) is 0 Å². The van der Waals surface area contributed by atoms with E-state index in [9.17, 15) is 0 Å². The van der Waals surface area contributed by atoms with Crippen molar-refractivity contribution in [3.05, 3.63) is 95.8 Å². The Hall–Kier alpha value is -2.81. The minimum absolute atomic E-state index is 0.725. The summed E-state index contributed by atoms with van der Waals surface area (Å²) in [7, 11) is 1.68. The zero-order valence-electron chi connectivity index (χ0n) is 18.0. The number of hydrogen-bond acceptors (Lipinski definition) is 7. The lowest BCUT2D eigenvalue weighted by Crippen LogP contribution is -2.06. The van der Waals surface area contributed by atoms with Crippen LogP contribution in [0.5, 0.6) is 5.75 Å². The number of para-hydroxylation sites is 1. The molecule has 0 aliphatic rings. The third-order valence-electron chi connectivity index (χ3n) is 5.10. The normalized spacial score (nSPS) is 11.2. The van der Waals surface area contributed by atoms with Crippen molar-refractivity contribution in [1.82, 2.24) is 19.7 Å². The standard InChI is InChI=1S/C25H22N4OS3/c1-30-20-13-11-19(12-14-20)16-31-24-28-27-23(29(24)15-18-7-3-2-4-8-18)17-32-25-26-21-9-5-6-10-22(21)33-25/h2-14H,15-17H2,1H3. The Kier molecular flexibility index (Phi) is 6.95. The van der Waals surface area contributed by atoms with Crippen LogP contribution in [0.25, 0.3) is 10.2 Å². The summed E-state index contributed by atoms with van der Waals surface area (Å²) >= 11 is 5.14. The number of fused-ring (bicyclic) bond motifs is 1. The summed E-state index contributed by atoms with van der Waals surface area (Å²) in [6.45, 7) is 0.745. The molecule has 0 fully saturated rings. The number of thioether (sulfide) groups is 2. The first-order valence-corrected chi connectivity index (χ1v) is 13.3. The second-order valence-corrected chi connectivity index (χ2v) is 10.5. The van der Waals surface area contributed by atoms with E-state index in [1.165, 1.54) is 15.8 Å². The maximum Gasteiger partial charge on any atom is 0.191 e. The van der Waals surface area contributed by atoms with E-state index >= 15 is 0 Å². The maximum atomic E-state index is 5.26. The van der Waals surface area contributed by atoms with Gasteiger partial charge in [-0.05, 0) is 35.4 Å². The molecular formula is C25H22N4OS3. The fraction of sp³-hybridized carbons (Fsp3) is 0.160. The molecule has 0 bridgehead atoms. The second-order valence-electron chi connectivity index (χ2n) is 7.34. The zero-order valence-corrected chi connectivity index (χ0v) is 20.5. The number of hydrogen-bond donors (Lipinski definition) is 0. The Labute approximate surface area is 205 Å². The van der Waals surface area contributed by atoms with Gasteiger partial charge in [-0.15, -0.1) is 21.5 Å². The van der Waals surface area contributed by atoms with Gasteiger partial charge in [0.2, 0.25) is 0 Å². The molecule has 2 aromatic heterocycles. The molecule has 0 saturated carbocycles. The maximum absolute atomic E-state index is 5.26. The molecule has 8 heteroatoms. The summed E-state index contributed by atoms with van der Waals surface area (Å²) in [6.07, 6.45) is 0. The highest BCUT2D eigenvalue weighted by Gasteiger charge is 2.15. The average molecular weight is 491 g/mol. The van der Waals surface area contributed by atoms with E-state index < -0.39 is 0 Å². The highest BCUT2D eigenvalue weighted by Crippen LogP contribution is 2.32. The van der Waals surface area contributed by atoms with Crippen LogP contribution in [-0.2, 0) is 18.1 Å². The quantitative estimate of drug-likeness (QED) is 0.219.